The quantitative estimate of drug-likeness (QED) is 0.481. The van der Waals surface area contributed by atoms with E-state index < -0.39 is 11.7 Å². The van der Waals surface area contributed by atoms with Gasteiger partial charge in [0.25, 0.3) is 5.91 Å². The standard InChI is InChI=1S/C24H28FN7O4/c1-14-27-20(9-21(28-14)24(34)26-10-16-4-7-19(25)23(8-16)35-3)22-12-32(31-30-22)11-18-6-5-17(13-36-18)29-15(2)33/h4,7-9,12,17-18H,5-6,10-11,13H2,1-3H3,(H,26,34)(H,29,33)/t17-,18?/m1/s1. The topological polar surface area (TPSA) is 133 Å². The number of carbonyl (C=O) groups is 2. The van der Waals surface area contributed by atoms with Crippen LogP contribution in [0.5, 0.6) is 5.75 Å². The number of nitrogens with zero attached hydrogens (tertiary/aromatic N) is 5. The average molecular weight is 498 g/mol. The van der Waals surface area contributed by atoms with Gasteiger partial charge in [0.05, 0.1) is 44.3 Å². The fourth-order valence-corrected chi connectivity index (χ4v) is 3.97. The molecule has 0 spiro atoms. The monoisotopic (exact) mass is 497 g/mol. The van der Waals surface area contributed by atoms with Crippen LogP contribution in [0, 0.1) is 12.7 Å². The molecule has 0 saturated carbocycles. The van der Waals surface area contributed by atoms with Gasteiger partial charge in [-0.15, -0.1) is 5.10 Å². The highest BCUT2D eigenvalue weighted by Crippen LogP contribution is 2.20. The lowest BCUT2D eigenvalue weighted by molar-refractivity contribution is -0.121. The van der Waals surface area contributed by atoms with Crippen molar-refractivity contribution in [3.05, 3.63) is 53.4 Å². The van der Waals surface area contributed by atoms with Gasteiger partial charge in [0, 0.05) is 13.5 Å². The van der Waals surface area contributed by atoms with E-state index in [2.05, 4.69) is 30.9 Å². The largest absolute Gasteiger partial charge is 0.494 e. The van der Waals surface area contributed by atoms with Crippen molar-refractivity contribution in [3.63, 3.8) is 0 Å². The van der Waals surface area contributed by atoms with Crippen LogP contribution in [-0.2, 0) is 22.6 Å². The zero-order valence-electron chi connectivity index (χ0n) is 20.3. The fraction of sp³-hybridized carbons (Fsp3) is 0.417. The number of halogens is 1. The van der Waals surface area contributed by atoms with Crippen molar-refractivity contribution >= 4 is 11.8 Å². The molecule has 1 aliphatic rings. The highest BCUT2D eigenvalue weighted by Gasteiger charge is 2.23. The van der Waals surface area contributed by atoms with Crippen LogP contribution in [0.15, 0.2) is 30.5 Å². The highest BCUT2D eigenvalue weighted by molar-refractivity contribution is 5.93. The first kappa shape index (κ1) is 25.2. The second-order valence-corrected chi connectivity index (χ2v) is 8.59. The third-order valence-electron chi connectivity index (χ3n) is 5.71. The molecule has 1 aromatic carbocycles. The van der Waals surface area contributed by atoms with Crippen molar-refractivity contribution in [1.82, 2.24) is 35.6 Å². The lowest BCUT2D eigenvalue weighted by Crippen LogP contribution is -2.42. The van der Waals surface area contributed by atoms with E-state index in [0.717, 1.165) is 12.8 Å². The molecule has 1 saturated heterocycles. The van der Waals surface area contributed by atoms with Gasteiger partial charge in [0.2, 0.25) is 5.91 Å². The molecule has 2 aromatic heterocycles. The van der Waals surface area contributed by atoms with E-state index in [4.69, 9.17) is 9.47 Å². The number of aromatic nitrogens is 5. The fourth-order valence-electron chi connectivity index (χ4n) is 3.97. The Balaban J connectivity index is 1.38. The Morgan fingerprint density at radius 3 is 2.78 bits per heavy atom. The van der Waals surface area contributed by atoms with Gasteiger partial charge in [-0.1, -0.05) is 11.3 Å². The number of carbonyl (C=O) groups excluding carboxylic acids is 2. The van der Waals surface area contributed by atoms with Crippen molar-refractivity contribution in [2.75, 3.05) is 13.7 Å². The molecule has 190 valence electrons. The third-order valence-corrected chi connectivity index (χ3v) is 5.71. The molecule has 0 aliphatic carbocycles. The van der Waals surface area contributed by atoms with Crippen molar-refractivity contribution in [3.8, 4) is 17.1 Å². The molecule has 3 heterocycles. The molecule has 1 aliphatic heterocycles. The summed E-state index contributed by atoms with van der Waals surface area (Å²) in [5, 5.41) is 14.0. The second kappa shape index (κ2) is 11.2. The third kappa shape index (κ3) is 6.39. The molecule has 0 bridgehead atoms. The lowest BCUT2D eigenvalue weighted by Gasteiger charge is -2.29. The smallest absolute Gasteiger partial charge is 0.270 e. The second-order valence-electron chi connectivity index (χ2n) is 8.59. The number of methoxy groups -OCH3 is 1. The van der Waals surface area contributed by atoms with Crippen molar-refractivity contribution < 1.29 is 23.5 Å². The van der Waals surface area contributed by atoms with Crippen LogP contribution in [0.4, 0.5) is 4.39 Å². The SMILES string of the molecule is COc1cc(CNC(=O)c2cc(-c3cn(CC4CC[C@@H](NC(C)=O)CO4)nn3)nc(C)n2)ccc1F. The minimum atomic E-state index is -0.471. The van der Waals surface area contributed by atoms with Gasteiger partial charge >= 0.3 is 0 Å². The van der Waals surface area contributed by atoms with Gasteiger partial charge in [-0.2, -0.15) is 0 Å². The summed E-state index contributed by atoms with van der Waals surface area (Å²) < 4.78 is 26.1. The number of amides is 2. The van der Waals surface area contributed by atoms with Crippen LogP contribution in [-0.4, -0.2) is 62.6 Å². The molecule has 11 nitrogen and oxygen atoms in total. The summed E-state index contributed by atoms with van der Waals surface area (Å²) in [5.41, 5.74) is 1.84. The van der Waals surface area contributed by atoms with Crippen LogP contribution in [0.3, 0.4) is 0 Å². The molecule has 3 aromatic rings. The average Bonchev–Trinajstić information content (AvgIpc) is 3.32. The molecule has 36 heavy (non-hydrogen) atoms. The number of nitrogens with one attached hydrogen (secondary N) is 2. The highest BCUT2D eigenvalue weighted by atomic mass is 19.1. The first-order chi connectivity index (χ1) is 17.3. The number of hydrogen-bond donors (Lipinski definition) is 2. The van der Waals surface area contributed by atoms with E-state index in [1.165, 1.54) is 26.2 Å². The summed E-state index contributed by atoms with van der Waals surface area (Å²) in [4.78, 5) is 32.6. The van der Waals surface area contributed by atoms with Crippen molar-refractivity contribution in [2.24, 2.45) is 0 Å². The Bertz CT molecular complexity index is 1240. The molecule has 0 radical (unpaired) electrons. The van der Waals surface area contributed by atoms with E-state index in [-0.39, 0.29) is 36.0 Å². The molecular formula is C24H28FN7O4. The molecule has 2 amide bonds. The Morgan fingerprint density at radius 1 is 1.22 bits per heavy atom. The Labute approximate surface area is 207 Å². The minimum Gasteiger partial charge on any atom is -0.494 e. The zero-order valence-corrected chi connectivity index (χ0v) is 20.3. The number of benzene rings is 1. The van der Waals surface area contributed by atoms with Crippen LogP contribution < -0.4 is 15.4 Å². The van der Waals surface area contributed by atoms with E-state index in [0.29, 0.717) is 35.9 Å². The zero-order chi connectivity index (χ0) is 25.7. The van der Waals surface area contributed by atoms with Gasteiger partial charge in [0.15, 0.2) is 11.6 Å². The van der Waals surface area contributed by atoms with Crippen LogP contribution in [0.25, 0.3) is 11.4 Å². The van der Waals surface area contributed by atoms with E-state index in [1.54, 1.807) is 29.9 Å². The molecule has 2 atom stereocenters. The summed E-state index contributed by atoms with van der Waals surface area (Å²) in [6.45, 7) is 4.33. The van der Waals surface area contributed by atoms with Crippen molar-refractivity contribution in [1.29, 1.82) is 0 Å². The van der Waals surface area contributed by atoms with E-state index >= 15 is 0 Å². The molecule has 4 rings (SSSR count). The Morgan fingerprint density at radius 2 is 2.06 bits per heavy atom. The van der Waals surface area contributed by atoms with Crippen molar-refractivity contribution in [2.45, 2.75) is 51.9 Å². The molecular weight excluding hydrogens is 469 g/mol. The molecule has 1 unspecified atom stereocenters. The predicted molar refractivity (Wildman–Crippen MR) is 126 cm³/mol. The van der Waals surface area contributed by atoms with Crippen LogP contribution >= 0.6 is 0 Å². The minimum absolute atomic E-state index is 0.0312. The molecule has 12 heteroatoms. The predicted octanol–water partition coefficient (Wildman–Crippen LogP) is 1.80. The Kier molecular flexibility index (Phi) is 7.84. The number of hydrogen-bond acceptors (Lipinski definition) is 8. The van der Waals surface area contributed by atoms with Gasteiger partial charge < -0.3 is 20.1 Å². The normalized spacial score (nSPS) is 17.4. The summed E-state index contributed by atoms with van der Waals surface area (Å²) in [7, 11) is 1.38. The van der Waals surface area contributed by atoms with Gasteiger partial charge in [-0.3, -0.25) is 9.59 Å². The van der Waals surface area contributed by atoms with E-state index in [1.807, 2.05) is 0 Å². The number of ether oxygens (including phenoxy) is 2. The maximum atomic E-state index is 13.6. The summed E-state index contributed by atoms with van der Waals surface area (Å²) in [5.74, 6) is -0.416. The maximum absolute atomic E-state index is 13.6. The molecule has 1 fully saturated rings. The summed E-state index contributed by atoms with van der Waals surface area (Å²) >= 11 is 0. The molecule has 2 N–H and O–H groups in total. The van der Waals surface area contributed by atoms with Gasteiger partial charge in [-0.25, -0.2) is 19.0 Å². The van der Waals surface area contributed by atoms with E-state index in [9.17, 15) is 14.0 Å². The van der Waals surface area contributed by atoms with Crippen LogP contribution in [0.2, 0.25) is 0 Å². The summed E-state index contributed by atoms with van der Waals surface area (Å²) in [6, 6.07) is 5.97. The summed E-state index contributed by atoms with van der Waals surface area (Å²) in [6.07, 6.45) is 3.33. The van der Waals surface area contributed by atoms with Crippen LogP contribution in [0.1, 0.15) is 41.6 Å². The van der Waals surface area contributed by atoms with Gasteiger partial charge in [-0.05, 0) is 43.5 Å². The van der Waals surface area contributed by atoms with Gasteiger partial charge in [0.1, 0.15) is 17.2 Å². The Hall–Kier alpha value is -3.93. The lowest BCUT2D eigenvalue weighted by atomic mass is 10.1. The number of rotatable bonds is 8. The first-order valence-electron chi connectivity index (χ1n) is 11.6. The first-order valence-corrected chi connectivity index (χ1v) is 11.6. The maximum Gasteiger partial charge on any atom is 0.270 e. The number of aryl methyl sites for hydroxylation is 1.